The third-order valence-electron chi connectivity index (χ3n) is 0.493. The zero-order valence-corrected chi connectivity index (χ0v) is 5.85. The van der Waals surface area contributed by atoms with Gasteiger partial charge in [-0.15, -0.1) is 0 Å². The van der Waals surface area contributed by atoms with Crippen LogP contribution in [0, 0.1) is 13.8 Å². The number of hydrogen-bond donors (Lipinski definition) is 0. The Morgan fingerprint density at radius 2 is 2.00 bits per heavy atom. The van der Waals surface area contributed by atoms with Crippen molar-refractivity contribution in [3.63, 3.8) is 0 Å². The van der Waals surface area contributed by atoms with Crippen LogP contribution in [0.5, 0.6) is 0 Å². The molecule has 0 bridgehead atoms. The Bertz CT molecular complexity index is 42.6. The summed E-state index contributed by atoms with van der Waals surface area (Å²) < 4.78 is -0.0330. The highest BCUT2D eigenvalue weighted by Crippen LogP contribution is 2.20. The average Bonchev–Trinajstić information content (AvgIpc) is 1.30. The molecule has 0 rings (SSSR count). The standard InChI is InChI=1S/C6H12S/c1-5-7-6(2,3)4/h2-3,5H2,1,4H3/q+2. The van der Waals surface area contributed by atoms with E-state index < -0.39 is 0 Å². The van der Waals surface area contributed by atoms with E-state index in [1.54, 1.807) is 11.8 Å². The van der Waals surface area contributed by atoms with Crippen LogP contribution in [0.25, 0.3) is 0 Å². The lowest BCUT2D eigenvalue weighted by Crippen LogP contribution is -2.08. The highest BCUT2D eigenvalue weighted by molar-refractivity contribution is 8.00. The molecule has 0 spiro atoms. The fraction of sp³-hybridized carbons (Fsp3) is 0.667. The summed E-state index contributed by atoms with van der Waals surface area (Å²) in [6.45, 7) is 11.7. The summed E-state index contributed by atoms with van der Waals surface area (Å²) in [5, 5.41) is 0. The molecule has 0 saturated carbocycles. The van der Waals surface area contributed by atoms with Crippen molar-refractivity contribution in [2.75, 3.05) is 5.75 Å². The van der Waals surface area contributed by atoms with Crippen molar-refractivity contribution in [3.8, 4) is 0 Å². The van der Waals surface area contributed by atoms with Gasteiger partial charge < -0.3 is 0 Å². The van der Waals surface area contributed by atoms with Crippen molar-refractivity contribution < 1.29 is 0 Å². The molecule has 0 fully saturated rings. The molecule has 0 aliphatic heterocycles. The second-order valence-corrected chi connectivity index (χ2v) is 3.73. The normalized spacial score (nSPS) is 11.7. The second kappa shape index (κ2) is 2.41. The summed E-state index contributed by atoms with van der Waals surface area (Å²) in [6.07, 6.45) is 0. The maximum Gasteiger partial charge on any atom is 0.273 e. The number of rotatable bonds is 2. The summed E-state index contributed by atoms with van der Waals surface area (Å²) in [4.78, 5) is 0. The Balaban J connectivity index is 3.15. The van der Waals surface area contributed by atoms with Gasteiger partial charge in [0.25, 0.3) is 4.75 Å². The van der Waals surface area contributed by atoms with Crippen molar-refractivity contribution in [2.45, 2.75) is 18.6 Å². The van der Waals surface area contributed by atoms with Crippen molar-refractivity contribution in [3.05, 3.63) is 13.8 Å². The van der Waals surface area contributed by atoms with E-state index in [2.05, 4.69) is 20.8 Å². The van der Waals surface area contributed by atoms with E-state index in [0.29, 0.717) is 0 Å². The molecule has 0 aromatic heterocycles. The minimum Gasteiger partial charge on any atom is -0.0588 e. The molecule has 0 N–H and O–H groups in total. The molecule has 1 heteroatoms. The number of hydrogen-bond acceptors (Lipinski definition) is 1. The summed E-state index contributed by atoms with van der Waals surface area (Å²) >= 11 is 1.77. The molecule has 0 aromatic carbocycles. The first-order valence-corrected chi connectivity index (χ1v) is 3.39. The monoisotopic (exact) mass is 116 g/mol. The van der Waals surface area contributed by atoms with Crippen LogP contribution in [0.2, 0.25) is 0 Å². The third-order valence-corrected chi connectivity index (χ3v) is 1.48. The third kappa shape index (κ3) is 6.09. The van der Waals surface area contributed by atoms with Crippen LogP contribution in [0.1, 0.15) is 13.8 Å². The van der Waals surface area contributed by atoms with Crippen molar-refractivity contribution >= 4 is 11.8 Å². The van der Waals surface area contributed by atoms with Gasteiger partial charge in [0.1, 0.15) is 13.8 Å². The predicted octanol–water partition coefficient (Wildman–Crippen LogP) is 2.17. The Kier molecular flexibility index (Phi) is 2.44. The lowest BCUT2D eigenvalue weighted by atomic mass is 10.3. The molecule has 0 aromatic rings. The van der Waals surface area contributed by atoms with E-state index in [4.69, 9.17) is 0 Å². The van der Waals surface area contributed by atoms with Gasteiger partial charge in [-0.3, -0.25) is 0 Å². The van der Waals surface area contributed by atoms with Gasteiger partial charge in [-0.25, -0.2) is 0 Å². The molecule has 0 nitrogen and oxygen atoms in total. The fourth-order valence-corrected chi connectivity index (χ4v) is 1.05. The van der Waals surface area contributed by atoms with Gasteiger partial charge in [-0.05, 0) is 5.75 Å². The Labute approximate surface area is 50.7 Å². The Hall–Kier alpha value is 0.0900. The molecule has 0 saturated heterocycles. The summed E-state index contributed by atoms with van der Waals surface area (Å²) in [6, 6.07) is 0. The highest BCUT2D eigenvalue weighted by Gasteiger charge is 2.24. The molecular formula is C6H12S+2. The van der Waals surface area contributed by atoms with Crippen LogP contribution in [0.4, 0.5) is 0 Å². The maximum absolute atomic E-state index is 3.81. The van der Waals surface area contributed by atoms with E-state index >= 15 is 0 Å². The predicted molar refractivity (Wildman–Crippen MR) is 37.3 cm³/mol. The van der Waals surface area contributed by atoms with Crippen LogP contribution in [0.15, 0.2) is 0 Å². The van der Waals surface area contributed by atoms with Gasteiger partial charge in [0.05, 0.1) is 0 Å². The molecule has 7 heavy (non-hydrogen) atoms. The van der Waals surface area contributed by atoms with Crippen LogP contribution in [-0.2, 0) is 0 Å². The zero-order chi connectivity index (χ0) is 5.91. The molecule has 40 valence electrons. The van der Waals surface area contributed by atoms with Gasteiger partial charge in [-0.2, -0.15) is 0 Å². The Morgan fingerprint density at radius 3 is 2.00 bits per heavy atom. The second-order valence-electron chi connectivity index (χ2n) is 1.88. The quantitative estimate of drug-likeness (QED) is 0.498. The molecule has 0 heterocycles. The smallest absolute Gasteiger partial charge is 0.0588 e. The van der Waals surface area contributed by atoms with Crippen LogP contribution in [-0.4, -0.2) is 10.5 Å². The summed E-state index contributed by atoms with van der Waals surface area (Å²) in [5.74, 6) is 1.10. The van der Waals surface area contributed by atoms with Crippen molar-refractivity contribution in [2.24, 2.45) is 0 Å². The molecule has 0 unspecified atom stereocenters. The van der Waals surface area contributed by atoms with Crippen LogP contribution in [0.3, 0.4) is 0 Å². The van der Waals surface area contributed by atoms with Gasteiger partial charge in [0.2, 0.25) is 0 Å². The SMILES string of the molecule is [CH2+]C([CH2+])(C)SCC. The summed E-state index contributed by atoms with van der Waals surface area (Å²) in [7, 11) is 0. The first-order chi connectivity index (χ1) is 3.06. The van der Waals surface area contributed by atoms with E-state index in [-0.39, 0.29) is 4.75 Å². The van der Waals surface area contributed by atoms with Crippen molar-refractivity contribution in [1.82, 2.24) is 0 Å². The van der Waals surface area contributed by atoms with Crippen molar-refractivity contribution in [1.29, 1.82) is 0 Å². The van der Waals surface area contributed by atoms with Crippen LogP contribution < -0.4 is 0 Å². The molecule has 0 aliphatic rings. The molecule has 0 radical (unpaired) electrons. The zero-order valence-electron chi connectivity index (χ0n) is 5.03. The topological polar surface area (TPSA) is 0 Å². The lowest BCUT2D eigenvalue weighted by molar-refractivity contribution is 1.000. The number of thioether (sulfide) groups is 1. The van der Waals surface area contributed by atoms with E-state index in [1.165, 1.54) is 0 Å². The van der Waals surface area contributed by atoms with E-state index in [9.17, 15) is 0 Å². The highest BCUT2D eigenvalue weighted by atomic mass is 32.2. The fourth-order valence-electron chi connectivity index (χ4n) is 0.348. The van der Waals surface area contributed by atoms with Gasteiger partial charge >= 0.3 is 0 Å². The van der Waals surface area contributed by atoms with E-state index in [1.807, 2.05) is 6.92 Å². The van der Waals surface area contributed by atoms with Crippen LogP contribution >= 0.6 is 11.8 Å². The van der Waals surface area contributed by atoms with Gasteiger partial charge in [0.15, 0.2) is 0 Å². The minimum absolute atomic E-state index is 0.0330. The molecule has 0 atom stereocenters. The lowest BCUT2D eigenvalue weighted by Gasteiger charge is -1.98. The molecular weight excluding hydrogens is 104 g/mol. The molecule has 0 amide bonds. The van der Waals surface area contributed by atoms with Gasteiger partial charge in [0, 0.05) is 6.92 Å². The first-order valence-electron chi connectivity index (χ1n) is 2.41. The largest absolute Gasteiger partial charge is 0.273 e. The van der Waals surface area contributed by atoms with E-state index in [0.717, 1.165) is 5.75 Å². The molecule has 0 aliphatic carbocycles. The first kappa shape index (κ1) is 7.09. The Morgan fingerprint density at radius 1 is 1.57 bits per heavy atom. The minimum atomic E-state index is -0.0330. The maximum atomic E-state index is 3.81. The van der Waals surface area contributed by atoms with Gasteiger partial charge in [-0.1, -0.05) is 18.7 Å². The summed E-state index contributed by atoms with van der Waals surface area (Å²) in [5.41, 5.74) is 0. The average molecular weight is 116 g/mol.